The molecule has 0 unspecified atom stereocenters. The van der Waals surface area contributed by atoms with Crippen molar-refractivity contribution in [2.24, 2.45) is 10.7 Å². The highest BCUT2D eigenvalue weighted by atomic mass is 127. The van der Waals surface area contributed by atoms with Gasteiger partial charge in [-0.3, -0.25) is 4.90 Å². The van der Waals surface area contributed by atoms with Crippen LogP contribution in [0.2, 0.25) is 0 Å². The molecular weight excluding hydrogens is 443 g/mol. The summed E-state index contributed by atoms with van der Waals surface area (Å²) in [5.74, 6) is 1.40. The van der Waals surface area contributed by atoms with Crippen LogP contribution >= 0.6 is 24.0 Å². The van der Waals surface area contributed by atoms with E-state index < -0.39 is 0 Å². The van der Waals surface area contributed by atoms with E-state index in [-0.39, 0.29) is 24.0 Å². The van der Waals surface area contributed by atoms with Gasteiger partial charge in [0, 0.05) is 25.2 Å². The van der Waals surface area contributed by atoms with Gasteiger partial charge in [-0.05, 0) is 37.9 Å². The normalized spacial score (nSPS) is 15.4. The first-order valence-corrected chi connectivity index (χ1v) is 9.25. The Bertz CT molecular complexity index is 548. The van der Waals surface area contributed by atoms with Crippen LogP contribution in [0.15, 0.2) is 23.2 Å². The number of halogens is 1. The topological polar surface area (TPSA) is 72.1 Å². The number of hydrogen-bond acceptors (Lipinski definition) is 4. The molecule has 1 aliphatic rings. The highest BCUT2D eigenvalue weighted by Crippen LogP contribution is 2.21. The summed E-state index contributed by atoms with van der Waals surface area (Å²) in [4.78, 5) is 6.87. The highest BCUT2D eigenvalue weighted by Gasteiger charge is 2.09. The number of nitrogens with two attached hydrogens (primary N) is 1. The van der Waals surface area contributed by atoms with Gasteiger partial charge in [0.25, 0.3) is 0 Å². The van der Waals surface area contributed by atoms with Gasteiger partial charge in [-0.2, -0.15) is 0 Å². The summed E-state index contributed by atoms with van der Waals surface area (Å²) >= 11 is 0. The lowest BCUT2D eigenvalue weighted by molar-refractivity contribution is 0.0376. The number of nitrogens with zero attached hydrogens (tertiary/aromatic N) is 2. The first kappa shape index (κ1) is 23.0. The maximum Gasteiger partial charge on any atom is 0.188 e. The van der Waals surface area contributed by atoms with E-state index in [1.807, 2.05) is 0 Å². The van der Waals surface area contributed by atoms with Crippen LogP contribution in [0.4, 0.5) is 0 Å². The third-order valence-electron chi connectivity index (χ3n) is 4.17. The van der Waals surface area contributed by atoms with Crippen molar-refractivity contribution in [2.45, 2.75) is 33.2 Å². The first-order chi connectivity index (χ1) is 12.2. The molecule has 0 saturated carbocycles. The Morgan fingerprint density at radius 1 is 1.35 bits per heavy atom. The van der Waals surface area contributed by atoms with E-state index in [0.717, 1.165) is 70.2 Å². The maximum absolute atomic E-state index is 5.99. The average Bonchev–Trinajstić information content (AvgIpc) is 2.63. The predicted molar refractivity (Wildman–Crippen MR) is 118 cm³/mol. The molecule has 26 heavy (non-hydrogen) atoms. The zero-order valence-corrected chi connectivity index (χ0v) is 18.3. The second-order valence-electron chi connectivity index (χ2n) is 6.40. The molecule has 0 aliphatic carbocycles. The molecule has 0 radical (unpaired) electrons. The smallest absolute Gasteiger partial charge is 0.188 e. The lowest BCUT2D eigenvalue weighted by atomic mass is 10.1. The van der Waals surface area contributed by atoms with E-state index in [4.69, 9.17) is 15.2 Å². The van der Waals surface area contributed by atoms with Crippen LogP contribution < -0.4 is 15.8 Å². The summed E-state index contributed by atoms with van der Waals surface area (Å²) < 4.78 is 11.2. The highest BCUT2D eigenvalue weighted by molar-refractivity contribution is 14.0. The molecule has 1 fully saturated rings. The molecule has 148 valence electrons. The second-order valence-corrected chi connectivity index (χ2v) is 6.40. The van der Waals surface area contributed by atoms with Crippen molar-refractivity contribution in [3.05, 3.63) is 29.3 Å². The van der Waals surface area contributed by atoms with E-state index in [1.54, 1.807) is 0 Å². The van der Waals surface area contributed by atoms with Crippen molar-refractivity contribution < 1.29 is 9.47 Å². The molecule has 0 atom stereocenters. The minimum atomic E-state index is 0. The van der Waals surface area contributed by atoms with Crippen LogP contribution in [0.5, 0.6) is 5.75 Å². The molecule has 6 nitrogen and oxygen atoms in total. The van der Waals surface area contributed by atoms with E-state index in [1.165, 1.54) is 5.56 Å². The third-order valence-corrected chi connectivity index (χ3v) is 4.17. The van der Waals surface area contributed by atoms with E-state index in [2.05, 4.69) is 47.3 Å². The summed E-state index contributed by atoms with van der Waals surface area (Å²) in [6.45, 7) is 11.1. The van der Waals surface area contributed by atoms with Gasteiger partial charge < -0.3 is 20.5 Å². The summed E-state index contributed by atoms with van der Waals surface area (Å²) in [5.41, 5.74) is 8.24. The van der Waals surface area contributed by atoms with Gasteiger partial charge in [-0.25, -0.2) is 4.99 Å². The summed E-state index contributed by atoms with van der Waals surface area (Å²) in [7, 11) is 0. The molecular formula is C19H33IN4O2. The Hall–Kier alpha value is -1.06. The standard InChI is InChI=1S/C19H32N4O2.HI/c1-3-11-25-18-14-16(2)5-6-17(18)15-22-19(20)21-7-4-8-23-9-12-24-13-10-23;/h5-6,14H,3-4,7-13,15H2,1-2H3,(H3,20,21,22);1H. The van der Waals surface area contributed by atoms with Gasteiger partial charge in [0.2, 0.25) is 0 Å². The van der Waals surface area contributed by atoms with Crippen LogP contribution in [-0.2, 0) is 11.3 Å². The minimum Gasteiger partial charge on any atom is -0.493 e. The van der Waals surface area contributed by atoms with Gasteiger partial charge in [0.1, 0.15) is 5.75 Å². The molecule has 1 heterocycles. The zero-order chi connectivity index (χ0) is 17.9. The number of morpholine rings is 1. The van der Waals surface area contributed by atoms with E-state index >= 15 is 0 Å². The molecule has 2 rings (SSSR count). The quantitative estimate of drug-likeness (QED) is 0.248. The van der Waals surface area contributed by atoms with Gasteiger partial charge in [-0.15, -0.1) is 24.0 Å². The monoisotopic (exact) mass is 476 g/mol. The fraction of sp³-hybridized carbons (Fsp3) is 0.632. The van der Waals surface area contributed by atoms with Crippen molar-refractivity contribution in [3.63, 3.8) is 0 Å². The minimum absolute atomic E-state index is 0. The summed E-state index contributed by atoms with van der Waals surface area (Å²) in [6.07, 6.45) is 2.04. The molecule has 0 bridgehead atoms. The number of guanidine groups is 1. The van der Waals surface area contributed by atoms with Crippen molar-refractivity contribution in [2.75, 3.05) is 46.0 Å². The number of aliphatic imine (C=N–C) groups is 1. The number of aryl methyl sites for hydroxylation is 1. The number of benzene rings is 1. The Balaban J connectivity index is 0.00000338. The van der Waals surface area contributed by atoms with Crippen LogP contribution in [0, 0.1) is 6.92 Å². The molecule has 0 spiro atoms. The number of ether oxygens (including phenoxy) is 2. The molecule has 7 heteroatoms. The fourth-order valence-corrected chi connectivity index (χ4v) is 2.71. The number of nitrogens with one attached hydrogen (secondary N) is 1. The Kier molecular flexibility index (Phi) is 11.6. The second kappa shape index (κ2) is 13.2. The lowest BCUT2D eigenvalue weighted by Gasteiger charge is -2.26. The van der Waals surface area contributed by atoms with Crippen LogP contribution in [0.3, 0.4) is 0 Å². The number of rotatable bonds is 9. The largest absolute Gasteiger partial charge is 0.493 e. The molecule has 3 N–H and O–H groups in total. The van der Waals surface area contributed by atoms with Crippen molar-refractivity contribution in [1.82, 2.24) is 10.2 Å². The van der Waals surface area contributed by atoms with E-state index in [0.29, 0.717) is 12.5 Å². The SMILES string of the molecule is CCCOc1cc(C)ccc1CN=C(N)NCCCN1CCOCC1.I. The lowest BCUT2D eigenvalue weighted by Crippen LogP contribution is -2.39. The molecule has 1 aromatic rings. The van der Waals surface area contributed by atoms with Crippen LogP contribution in [0.1, 0.15) is 30.9 Å². The van der Waals surface area contributed by atoms with Gasteiger partial charge in [0.15, 0.2) is 5.96 Å². The predicted octanol–water partition coefficient (Wildman–Crippen LogP) is 2.53. The fourth-order valence-electron chi connectivity index (χ4n) is 2.71. The van der Waals surface area contributed by atoms with Crippen molar-refractivity contribution in [3.8, 4) is 5.75 Å². The Labute approximate surface area is 174 Å². The van der Waals surface area contributed by atoms with Crippen LogP contribution in [-0.4, -0.2) is 56.9 Å². The van der Waals surface area contributed by atoms with E-state index in [9.17, 15) is 0 Å². The molecule has 1 aliphatic heterocycles. The van der Waals surface area contributed by atoms with Crippen LogP contribution in [0.25, 0.3) is 0 Å². The summed E-state index contributed by atoms with van der Waals surface area (Å²) in [5, 5.41) is 3.20. The molecule has 0 aromatic heterocycles. The molecule has 1 aromatic carbocycles. The van der Waals surface area contributed by atoms with Crippen molar-refractivity contribution >= 4 is 29.9 Å². The summed E-state index contributed by atoms with van der Waals surface area (Å²) in [6, 6.07) is 6.21. The van der Waals surface area contributed by atoms with Crippen molar-refractivity contribution in [1.29, 1.82) is 0 Å². The Morgan fingerprint density at radius 3 is 2.85 bits per heavy atom. The first-order valence-electron chi connectivity index (χ1n) is 9.25. The molecule has 0 amide bonds. The van der Waals surface area contributed by atoms with Gasteiger partial charge >= 0.3 is 0 Å². The van der Waals surface area contributed by atoms with Gasteiger partial charge in [0.05, 0.1) is 26.4 Å². The van der Waals surface area contributed by atoms with Gasteiger partial charge in [-0.1, -0.05) is 19.1 Å². The Morgan fingerprint density at radius 2 is 2.12 bits per heavy atom. The molecule has 1 saturated heterocycles. The maximum atomic E-state index is 5.99. The zero-order valence-electron chi connectivity index (χ0n) is 16.0. The number of hydrogen-bond donors (Lipinski definition) is 2. The average molecular weight is 476 g/mol. The third kappa shape index (κ3) is 8.55.